The van der Waals surface area contributed by atoms with Gasteiger partial charge in [-0.3, -0.25) is 0 Å². The summed E-state index contributed by atoms with van der Waals surface area (Å²) >= 11 is 4.51. The molecule has 0 atom stereocenters. The van der Waals surface area contributed by atoms with Gasteiger partial charge in [0.25, 0.3) is 0 Å². The second-order valence-electron chi connectivity index (χ2n) is 5.79. The molecule has 2 rings (SSSR count). The second kappa shape index (κ2) is 7.01. The highest BCUT2D eigenvalue weighted by atomic mass is 32.1. The summed E-state index contributed by atoms with van der Waals surface area (Å²) in [4.78, 5) is 0. The van der Waals surface area contributed by atoms with E-state index < -0.39 is 0 Å². The van der Waals surface area contributed by atoms with Crippen LogP contribution in [0.3, 0.4) is 0 Å². The van der Waals surface area contributed by atoms with E-state index in [1.54, 1.807) is 0 Å². The van der Waals surface area contributed by atoms with Crippen molar-refractivity contribution in [1.29, 1.82) is 0 Å². The Morgan fingerprint density at radius 2 is 1.82 bits per heavy atom. The topological polar surface area (TPSA) is 18.5 Å². The van der Waals surface area contributed by atoms with Gasteiger partial charge in [-0.1, -0.05) is 19.3 Å². The molecule has 0 bridgehead atoms. The molecule has 1 saturated carbocycles. The van der Waals surface area contributed by atoms with E-state index in [0.717, 1.165) is 50.9 Å². The summed E-state index contributed by atoms with van der Waals surface area (Å²) in [6.07, 6.45) is 9.20. The summed E-state index contributed by atoms with van der Waals surface area (Å²) in [6, 6.07) is 0. The van der Waals surface area contributed by atoms with Crippen molar-refractivity contribution in [2.75, 3.05) is 32.2 Å². The highest BCUT2D eigenvalue weighted by Crippen LogP contribution is 2.32. The van der Waals surface area contributed by atoms with Crippen molar-refractivity contribution in [3.63, 3.8) is 0 Å². The zero-order chi connectivity index (χ0) is 12.0. The van der Waals surface area contributed by atoms with Crippen molar-refractivity contribution in [2.45, 2.75) is 44.9 Å². The van der Waals surface area contributed by atoms with E-state index in [-0.39, 0.29) is 5.41 Å². The predicted molar refractivity (Wildman–Crippen MR) is 73.7 cm³/mol. The molecule has 2 fully saturated rings. The molecule has 100 valence electrons. The van der Waals surface area contributed by atoms with Crippen LogP contribution in [0.2, 0.25) is 0 Å². The lowest BCUT2D eigenvalue weighted by atomic mass is 9.83. The van der Waals surface area contributed by atoms with E-state index in [2.05, 4.69) is 12.6 Å². The lowest BCUT2D eigenvalue weighted by Crippen LogP contribution is -2.36. The molecule has 1 aliphatic heterocycles. The molecule has 0 aromatic heterocycles. The summed E-state index contributed by atoms with van der Waals surface area (Å²) in [5, 5.41) is 0. The van der Waals surface area contributed by atoms with Gasteiger partial charge in [-0.25, -0.2) is 0 Å². The third kappa shape index (κ3) is 4.15. The first-order valence-corrected chi connectivity index (χ1v) is 7.74. The summed E-state index contributed by atoms with van der Waals surface area (Å²) in [7, 11) is 0. The second-order valence-corrected chi connectivity index (χ2v) is 6.11. The summed E-state index contributed by atoms with van der Waals surface area (Å²) < 4.78 is 11.4. The molecule has 0 unspecified atom stereocenters. The van der Waals surface area contributed by atoms with Gasteiger partial charge >= 0.3 is 0 Å². The molecule has 1 heterocycles. The molecule has 1 aliphatic carbocycles. The largest absolute Gasteiger partial charge is 0.381 e. The van der Waals surface area contributed by atoms with Gasteiger partial charge in [-0.05, 0) is 37.4 Å². The van der Waals surface area contributed by atoms with Gasteiger partial charge < -0.3 is 9.47 Å². The van der Waals surface area contributed by atoms with Crippen molar-refractivity contribution < 1.29 is 9.47 Å². The number of hydrogen-bond acceptors (Lipinski definition) is 3. The maximum absolute atomic E-state index is 6.00. The van der Waals surface area contributed by atoms with Gasteiger partial charge in [0.2, 0.25) is 0 Å². The smallest absolute Gasteiger partial charge is 0.0532 e. The lowest BCUT2D eigenvalue weighted by Gasteiger charge is -2.36. The average Bonchev–Trinajstić information content (AvgIpc) is 2.41. The van der Waals surface area contributed by atoms with Crippen LogP contribution in [0.4, 0.5) is 0 Å². The molecular weight excluding hydrogens is 232 g/mol. The predicted octanol–water partition coefficient (Wildman–Crippen LogP) is 3.31. The Morgan fingerprint density at radius 3 is 2.47 bits per heavy atom. The van der Waals surface area contributed by atoms with Crippen LogP contribution in [0.25, 0.3) is 0 Å². The number of hydrogen-bond donors (Lipinski definition) is 1. The number of thiol groups is 1. The summed E-state index contributed by atoms with van der Waals surface area (Å²) in [5.74, 6) is 1.75. The van der Waals surface area contributed by atoms with Crippen LogP contribution < -0.4 is 0 Å². The minimum Gasteiger partial charge on any atom is -0.381 e. The molecule has 3 heteroatoms. The van der Waals surface area contributed by atoms with Crippen molar-refractivity contribution >= 4 is 12.6 Å². The van der Waals surface area contributed by atoms with E-state index in [1.807, 2.05) is 0 Å². The van der Waals surface area contributed by atoms with Gasteiger partial charge in [0.1, 0.15) is 0 Å². The average molecular weight is 258 g/mol. The van der Waals surface area contributed by atoms with E-state index in [0.29, 0.717) is 0 Å². The highest BCUT2D eigenvalue weighted by molar-refractivity contribution is 7.80. The Labute approximate surface area is 111 Å². The molecule has 0 aromatic rings. The Kier molecular flexibility index (Phi) is 5.64. The monoisotopic (exact) mass is 258 g/mol. The SMILES string of the molecule is SCC1(COCC2CCCCC2)CCOCC1. The van der Waals surface area contributed by atoms with Crippen LogP contribution in [0.15, 0.2) is 0 Å². The Hall–Kier alpha value is 0.270. The van der Waals surface area contributed by atoms with E-state index in [9.17, 15) is 0 Å². The maximum Gasteiger partial charge on any atom is 0.0532 e. The minimum atomic E-state index is 0.288. The van der Waals surface area contributed by atoms with Gasteiger partial charge in [0.05, 0.1) is 6.61 Å². The lowest BCUT2D eigenvalue weighted by molar-refractivity contribution is -0.0364. The number of ether oxygens (including phenoxy) is 2. The normalized spacial score (nSPS) is 25.9. The van der Waals surface area contributed by atoms with Gasteiger partial charge in [-0.2, -0.15) is 12.6 Å². The first-order valence-electron chi connectivity index (χ1n) is 7.11. The zero-order valence-electron chi connectivity index (χ0n) is 10.8. The van der Waals surface area contributed by atoms with Crippen LogP contribution in [0, 0.1) is 11.3 Å². The fraction of sp³-hybridized carbons (Fsp3) is 1.00. The van der Waals surface area contributed by atoms with Crippen molar-refractivity contribution in [3.8, 4) is 0 Å². The molecule has 2 nitrogen and oxygen atoms in total. The van der Waals surface area contributed by atoms with Crippen molar-refractivity contribution in [3.05, 3.63) is 0 Å². The molecular formula is C14H26O2S. The molecule has 0 spiro atoms. The van der Waals surface area contributed by atoms with E-state index in [4.69, 9.17) is 9.47 Å². The van der Waals surface area contributed by atoms with Crippen LogP contribution in [-0.2, 0) is 9.47 Å². The number of rotatable bonds is 5. The first kappa shape index (κ1) is 13.7. The summed E-state index contributed by atoms with van der Waals surface area (Å²) in [5.41, 5.74) is 0.288. The molecule has 0 aromatic carbocycles. The first-order chi connectivity index (χ1) is 8.35. The fourth-order valence-corrected chi connectivity index (χ4v) is 3.36. The Bertz CT molecular complexity index is 208. The van der Waals surface area contributed by atoms with Crippen molar-refractivity contribution in [1.82, 2.24) is 0 Å². The minimum absolute atomic E-state index is 0.288. The zero-order valence-corrected chi connectivity index (χ0v) is 11.7. The van der Waals surface area contributed by atoms with E-state index in [1.165, 1.54) is 32.1 Å². The third-order valence-electron chi connectivity index (χ3n) is 4.38. The molecule has 1 saturated heterocycles. The van der Waals surface area contributed by atoms with Gasteiger partial charge in [0, 0.05) is 25.2 Å². The molecule has 0 amide bonds. The Balaban J connectivity index is 1.68. The molecule has 17 heavy (non-hydrogen) atoms. The van der Waals surface area contributed by atoms with Crippen LogP contribution in [-0.4, -0.2) is 32.2 Å². The maximum atomic E-state index is 6.00. The third-order valence-corrected chi connectivity index (χ3v) is 5.05. The fourth-order valence-electron chi connectivity index (χ4n) is 2.95. The molecule has 2 aliphatic rings. The van der Waals surface area contributed by atoms with E-state index >= 15 is 0 Å². The quantitative estimate of drug-likeness (QED) is 0.763. The highest BCUT2D eigenvalue weighted by Gasteiger charge is 2.31. The van der Waals surface area contributed by atoms with Gasteiger partial charge in [0.15, 0.2) is 0 Å². The summed E-state index contributed by atoms with van der Waals surface area (Å²) in [6.45, 7) is 3.62. The molecule has 0 radical (unpaired) electrons. The van der Waals surface area contributed by atoms with Crippen LogP contribution >= 0.6 is 12.6 Å². The van der Waals surface area contributed by atoms with Crippen molar-refractivity contribution in [2.24, 2.45) is 11.3 Å². The molecule has 0 N–H and O–H groups in total. The standard InChI is InChI=1S/C14H26O2S/c17-12-14(6-8-15-9-7-14)11-16-10-13-4-2-1-3-5-13/h13,17H,1-12H2. The van der Waals surface area contributed by atoms with Crippen LogP contribution in [0.5, 0.6) is 0 Å². The Morgan fingerprint density at radius 1 is 1.12 bits per heavy atom. The van der Waals surface area contributed by atoms with Gasteiger partial charge in [-0.15, -0.1) is 0 Å². The van der Waals surface area contributed by atoms with Crippen LogP contribution in [0.1, 0.15) is 44.9 Å².